The Kier molecular flexibility index (Phi) is 4.14. The Morgan fingerprint density at radius 2 is 2.20 bits per heavy atom. The third-order valence-electron chi connectivity index (χ3n) is 4.14. The van der Waals surface area contributed by atoms with E-state index in [0.29, 0.717) is 17.8 Å². The Morgan fingerprint density at radius 1 is 1.40 bits per heavy atom. The van der Waals surface area contributed by atoms with Crippen LogP contribution in [0, 0.1) is 3.57 Å². The number of hydrogen-bond acceptors (Lipinski definition) is 5. The molecule has 3 heterocycles. The van der Waals surface area contributed by atoms with Gasteiger partial charge in [0.05, 0.1) is 15.9 Å². The summed E-state index contributed by atoms with van der Waals surface area (Å²) in [6.45, 7) is 7.11. The first-order valence-corrected chi connectivity index (χ1v) is 8.32. The molecule has 0 aromatic carbocycles. The van der Waals surface area contributed by atoms with Crippen molar-refractivity contribution in [2.45, 2.75) is 44.8 Å². The van der Waals surface area contributed by atoms with E-state index in [4.69, 9.17) is 15.5 Å². The van der Waals surface area contributed by atoms with Gasteiger partial charge in [-0.05, 0) is 47.9 Å². The maximum absolute atomic E-state index is 6.04. The summed E-state index contributed by atoms with van der Waals surface area (Å²) in [7, 11) is 0. The molecule has 2 unspecified atom stereocenters. The molecule has 0 aliphatic carbocycles. The van der Waals surface area contributed by atoms with Crippen LogP contribution in [0.25, 0.3) is 0 Å². The summed E-state index contributed by atoms with van der Waals surface area (Å²) < 4.78 is 6.95. The summed E-state index contributed by atoms with van der Waals surface area (Å²) >= 11 is 2.23. The van der Waals surface area contributed by atoms with Gasteiger partial charge in [-0.25, -0.2) is 9.97 Å². The standard InChI is InChI=1S/C14H21IN4O/c1-8(2)12-11(15)13(16)18-14(17-12)10-6-19-5-3-4-9(19)7-20-10/h8-10H,3-7H2,1-2H3,(H2,16,17,18). The minimum atomic E-state index is -0.0406. The van der Waals surface area contributed by atoms with Crippen molar-refractivity contribution >= 4 is 28.4 Å². The van der Waals surface area contributed by atoms with Gasteiger partial charge in [0.25, 0.3) is 0 Å². The van der Waals surface area contributed by atoms with Crippen LogP contribution in [0.1, 0.15) is 50.2 Å². The molecule has 1 aromatic heterocycles. The molecule has 20 heavy (non-hydrogen) atoms. The molecule has 0 radical (unpaired) electrons. The monoisotopic (exact) mass is 388 g/mol. The first-order chi connectivity index (χ1) is 9.56. The van der Waals surface area contributed by atoms with E-state index in [9.17, 15) is 0 Å². The Labute approximate surface area is 133 Å². The summed E-state index contributed by atoms with van der Waals surface area (Å²) in [5.41, 5.74) is 7.07. The van der Waals surface area contributed by atoms with Gasteiger partial charge < -0.3 is 10.5 Å². The topological polar surface area (TPSA) is 64.3 Å². The Hall–Kier alpha value is -0.470. The summed E-state index contributed by atoms with van der Waals surface area (Å²) in [6, 6.07) is 0.594. The molecule has 6 heteroatoms. The zero-order valence-corrected chi connectivity index (χ0v) is 14.1. The lowest BCUT2D eigenvalue weighted by molar-refractivity contribution is -0.0541. The predicted octanol–water partition coefficient (Wildman–Crippen LogP) is 2.32. The van der Waals surface area contributed by atoms with Crippen molar-refractivity contribution in [3.8, 4) is 0 Å². The van der Waals surface area contributed by atoms with Crippen molar-refractivity contribution < 1.29 is 4.74 Å². The first-order valence-electron chi connectivity index (χ1n) is 7.24. The number of anilines is 1. The summed E-state index contributed by atoms with van der Waals surface area (Å²) in [6.07, 6.45) is 2.48. The fourth-order valence-corrected chi connectivity index (χ4v) is 3.87. The van der Waals surface area contributed by atoms with E-state index in [1.54, 1.807) is 0 Å². The molecular formula is C14H21IN4O. The molecule has 5 nitrogen and oxygen atoms in total. The highest BCUT2D eigenvalue weighted by molar-refractivity contribution is 14.1. The quantitative estimate of drug-likeness (QED) is 0.788. The lowest BCUT2D eigenvalue weighted by Crippen LogP contribution is -2.43. The second-order valence-corrected chi connectivity index (χ2v) is 7.01. The van der Waals surface area contributed by atoms with Gasteiger partial charge in [-0.2, -0.15) is 0 Å². The van der Waals surface area contributed by atoms with E-state index in [0.717, 1.165) is 28.2 Å². The zero-order chi connectivity index (χ0) is 14.3. The number of morpholine rings is 1. The average Bonchev–Trinajstić information content (AvgIpc) is 2.88. The molecule has 110 valence electrons. The van der Waals surface area contributed by atoms with Gasteiger partial charge >= 0.3 is 0 Å². The molecule has 0 amide bonds. The fraction of sp³-hybridized carbons (Fsp3) is 0.714. The summed E-state index contributed by atoms with van der Waals surface area (Å²) in [4.78, 5) is 11.7. The average molecular weight is 388 g/mol. The van der Waals surface area contributed by atoms with Crippen LogP contribution >= 0.6 is 22.6 Å². The first kappa shape index (κ1) is 14.5. The number of nitrogens with zero attached hydrogens (tertiary/aromatic N) is 3. The second-order valence-electron chi connectivity index (χ2n) is 5.93. The van der Waals surface area contributed by atoms with E-state index < -0.39 is 0 Å². The summed E-state index contributed by atoms with van der Waals surface area (Å²) in [5, 5.41) is 0. The molecule has 2 N–H and O–H groups in total. The number of nitrogens with two attached hydrogens (primary N) is 1. The smallest absolute Gasteiger partial charge is 0.161 e. The molecule has 2 atom stereocenters. The van der Waals surface area contributed by atoms with E-state index >= 15 is 0 Å². The molecule has 0 spiro atoms. The predicted molar refractivity (Wildman–Crippen MR) is 86.5 cm³/mol. The van der Waals surface area contributed by atoms with Crippen molar-refractivity contribution in [2.75, 3.05) is 25.4 Å². The fourth-order valence-electron chi connectivity index (χ4n) is 3.00. The highest BCUT2D eigenvalue weighted by Crippen LogP contribution is 2.31. The van der Waals surface area contributed by atoms with Gasteiger partial charge in [0.15, 0.2) is 5.82 Å². The van der Waals surface area contributed by atoms with Gasteiger partial charge in [0, 0.05) is 12.6 Å². The van der Waals surface area contributed by atoms with Crippen molar-refractivity contribution in [1.29, 1.82) is 0 Å². The van der Waals surface area contributed by atoms with E-state index in [1.165, 1.54) is 19.4 Å². The summed E-state index contributed by atoms with van der Waals surface area (Å²) in [5.74, 6) is 1.66. The lowest BCUT2D eigenvalue weighted by Gasteiger charge is -2.34. The van der Waals surface area contributed by atoms with Crippen LogP contribution in [0.3, 0.4) is 0 Å². The van der Waals surface area contributed by atoms with Gasteiger partial charge in [0.2, 0.25) is 0 Å². The molecule has 1 aromatic rings. The molecule has 0 saturated carbocycles. The largest absolute Gasteiger partial charge is 0.383 e. The van der Waals surface area contributed by atoms with Crippen LogP contribution in [0.15, 0.2) is 0 Å². The Bertz CT molecular complexity index is 508. The molecule has 2 fully saturated rings. The minimum absolute atomic E-state index is 0.0406. The number of halogens is 1. The van der Waals surface area contributed by atoms with Gasteiger partial charge in [-0.1, -0.05) is 13.8 Å². The van der Waals surface area contributed by atoms with E-state index in [1.807, 2.05) is 0 Å². The van der Waals surface area contributed by atoms with Crippen molar-refractivity contribution in [3.63, 3.8) is 0 Å². The van der Waals surface area contributed by atoms with E-state index in [2.05, 4.69) is 46.3 Å². The number of ether oxygens (including phenoxy) is 1. The van der Waals surface area contributed by atoms with Crippen LogP contribution in [0.2, 0.25) is 0 Å². The lowest BCUT2D eigenvalue weighted by atomic mass is 10.1. The van der Waals surface area contributed by atoms with Crippen LogP contribution in [-0.2, 0) is 4.74 Å². The molecule has 0 bridgehead atoms. The number of nitrogen functional groups attached to an aromatic ring is 1. The Balaban J connectivity index is 1.86. The molecule has 2 saturated heterocycles. The number of aromatic nitrogens is 2. The third-order valence-corrected chi connectivity index (χ3v) is 5.25. The van der Waals surface area contributed by atoms with Crippen LogP contribution in [-0.4, -0.2) is 40.6 Å². The number of hydrogen-bond donors (Lipinski definition) is 1. The Morgan fingerprint density at radius 3 is 2.95 bits per heavy atom. The van der Waals surface area contributed by atoms with E-state index in [-0.39, 0.29) is 6.10 Å². The minimum Gasteiger partial charge on any atom is -0.383 e. The maximum atomic E-state index is 6.04. The van der Waals surface area contributed by atoms with Gasteiger partial charge in [0.1, 0.15) is 11.9 Å². The van der Waals surface area contributed by atoms with Gasteiger partial charge in [-0.15, -0.1) is 0 Å². The van der Waals surface area contributed by atoms with Crippen molar-refractivity contribution in [1.82, 2.24) is 14.9 Å². The van der Waals surface area contributed by atoms with Gasteiger partial charge in [-0.3, -0.25) is 4.90 Å². The molecule has 3 rings (SSSR count). The number of rotatable bonds is 2. The molecular weight excluding hydrogens is 367 g/mol. The molecule has 2 aliphatic heterocycles. The SMILES string of the molecule is CC(C)c1nc(C2CN3CCCC3CO2)nc(N)c1I. The highest BCUT2D eigenvalue weighted by atomic mass is 127. The van der Waals surface area contributed by atoms with Crippen LogP contribution < -0.4 is 5.73 Å². The second kappa shape index (κ2) is 5.73. The van der Waals surface area contributed by atoms with Crippen molar-refractivity contribution in [2.24, 2.45) is 0 Å². The normalized spacial score (nSPS) is 27.0. The zero-order valence-electron chi connectivity index (χ0n) is 12.0. The highest BCUT2D eigenvalue weighted by Gasteiger charge is 2.34. The maximum Gasteiger partial charge on any atom is 0.161 e. The van der Waals surface area contributed by atoms with Crippen LogP contribution in [0.4, 0.5) is 5.82 Å². The number of fused-ring (bicyclic) bond motifs is 1. The van der Waals surface area contributed by atoms with Crippen LogP contribution in [0.5, 0.6) is 0 Å². The van der Waals surface area contributed by atoms with Crippen molar-refractivity contribution in [3.05, 3.63) is 15.1 Å². The third kappa shape index (κ3) is 2.65. The molecule has 2 aliphatic rings.